The highest BCUT2D eigenvalue weighted by Gasteiger charge is 2.12. The third-order valence-electron chi connectivity index (χ3n) is 2.70. The molecule has 108 valence electrons. The van der Waals surface area contributed by atoms with Crippen molar-refractivity contribution in [3.63, 3.8) is 0 Å². The Morgan fingerprint density at radius 3 is 2.47 bits per heavy atom. The van der Waals surface area contributed by atoms with Crippen molar-refractivity contribution in [1.82, 2.24) is 10.3 Å². The summed E-state index contributed by atoms with van der Waals surface area (Å²) in [5.74, 6) is 1.44. The standard InChI is InChI=1S/C15H26ClN3/c1-11(2)10-19(6)14-13(16)7-12(8-17-14)9-18-15(3,4)5/h7-8,11,18H,9-10H2,1-6H3. The van der Waals surface area contributed by atoms with Gasteiger partial charge in [0.15, 0.2) is 0 Å². The van der Waals surface area contributed by atoms with Crippen LogP contribution in [0.15, 0.2) is 12.3 Å². The molecular weight excluding hydrogens is 258 g/mol. The number of pyridine rings is 1. The number of halogens is 1. The fraction of sp³-hybridized carbons (Fsp3) is 0.667. The monoisotopic (exact) mass is 283 g/mol. The van der Waals surface area contributed by atoms with Gasteiger partial charge in [0, 0.05) is 31.9 Å². The molecule has 0 saturated carbocycles. The molecule has 0 aliphatic rings. The zero-order chi connectivity index (χ0) is 14.6. The van der Waals surface area contributed by atoms with E-state index in [-0.39, 0.29) is 5.54 Å². The van der Waals surface area contributed by atoms with Crippen LogP contribution in [0.2, 0.25) is 5.02 Å². The first kappa shape index (κ1) is 16.3. The maximum absolute atomic E-state index is 6.33. The highest BCUT2D eigenvalue weighted by Crippen LogP contribution is 2.24. The van der Waals surface area contributed by atoms with Crippen molar-refractivity contribution in [2.24, 2.45) is 5.92 Å². The molecule has 0 aliphatic carbocycles. The minimum Gasteiger partial charge on any atom is -0.358 e. The number of nitrogens with one attached hydrogen (secondary N) is 1. The van der Waals surface area contributed by atoms with Gasteiger partial charge >= 0.3 is 0 Å². The Hall–Kier alpha value is -0.800. The average molecular weight is 284 g/mol. The summed E-state index contributed by atoms with van der Waals surface area (Å²) in [6.07, 6.45) is 1.90. The van der Waals surface area contributed by atoms with E-state index in [2.05, 4.69) is 49.8 Å². The first-order valence-corrected chi connectivity index (χ1v) is 7.17. The van der Waals surface area contributed by atoms with E-state index in [1.807, 2.05) is 19.3 Å². The zero-order valence-corrected chi connectivity index (χ0v) is 13.7. The van der Waals surface area contributed by atoms with Gasteiger partial charge in [0.2, 0.25) is 0 Å². The van der Waals surface area contributed by atoms with E-state index < -0.39 is 0 Å². The summed E-state index contributed by atoms with van der Waals surface area (Å²) in [7, 11) is 2.03. The zero-order valence-electron chi connectivity index (χ0n) is 12.9. The van der Waals surface area contributed by atoms with E-state index in [0.29, 0.717) is 5.92 Å². The van der Waals surface area contributed by atoms with E-state index in [4.69, 9.17) is 11.6 Å². The van der Waals surface area contributed by atoms with Gasteiger partial charge < -0.3 is 10.2 Å². The van der Waals surface area contributed by atoms with E-state index in [1.54, 1.807) is 0 Å². The minimum absolute atomic E-state index is 0.0968. The van der Waals surface area contributed by atoms with E-state index in [1.165, 1.54) is 0 Å². The summed E-state index contributed by atoms with van der Waals surface area (Å²) in [5.41, 5.74) is 1.21. The Kier molecular flexibility index (Phi) is 5.63. The highest BCUT2D eigenvalue weighted by atomic mass is 35.5. The summed E-state index contributed by atoms with van der Waals surface area (Å²) in [6.45, 7) is 12.5. The fourth-order valence-electron chi connectivity index (χ4n) is 1.85. The van der Waals surface area contributed by atoms with Gasteiger partial charge in [-0.25, -0.2) is 4.98 Å². The Bertz CT molecular complexity index is 410. The lowest BCUT2D eigenvalue weighted by Crippen LogP contribution is -2.35. The number of aromatic nitrogens is 1. The molecule has 0 spiro atoms. The van der Waals surface area contributed by atoms with Gasteiger partial charge in [0.05, 0.1) is 5.02 Å². The van der Waals surface area contributed by atoms with E-state index in [0.717, 1.165) is 29.5 Å². The van der Waals surface area contributed by atoms with E-state index in [9.17, 15) is 0 Å². The Balaban J connectivity index is 2.74. The van der Waals surface area contributed by atoms with Crippen molar-refractivity contribution in [3.8, 4) is 0 Å². The largest absolute Gasteiger partial charge is 0.358 e. The molecule has 0 saturated heterocycles. The lowest BCUT2D eigenvalue weighted by Gasteiger charge is -2.23. The number of nitrogens with zero attached hydrogens (tertiary/aromatic N) is 2. The van der Waals surface area contributed by atoms with Crippen LogP contribution in [0.25, 0.3) is 0 Å². The maximum atomic E-state index is 6.33. The molecule has 0 aliphatic heterocycles. The summed E-state index contributed by atoms with van der Waals surface area (Å²) >= 11 is 6.33. The quantitative estimate of drug-likeness (QED) is 0.893. The lowest BCUT2D eigenvalue weighted by molar-refractivity contribution is 0.424. The van der Waals surface area contributed by atoms with E-state index >= 15 is 0 Å². The predicted octanol–water partition coefficient (Wildman–Crippen LogP) is 3.72. The number of anilines is 1. The van der Waals surface area contributed by atoms with Gasteiger partial charge in [-0.3, -0.25) is 0 Å². The van der Waals surface area contributed by atoms with Crippen LogP contribution in [0.5, 0.6) is 0 Å². The molecule has 19 heavy (non-hydrogen) atoms. The van der Waals surface area contributed by atoms with Crippen LogP contribution in [0.3, 0.4) is 0 Å². The molecule has 1 aromatic heterocycles. The summed E-state index contributed by atoms with van der Waals surface area (Å²) < 4.78 is 0. The van der Waals surface area contributed by atoms with Crippen LogP contribution in [-0.4, -0.2) is 24.1 Å². The molecule has 4 heteroatoms. The predicted molar refractivity (Wildman–Crippen MR) is 83.9 cm³/mol. The first-order chi connectivity index (χ1) is 8.69. The van der Waals surface area contributed by atoms with Crippen LogP contribution >= 0.6 is 11.6 Å². The number of hydrogen-bond acceptors (Lipinski definition) is 3. The van der Waals surface area contributed by atoms with Crippen molar-refractivity contribution in [3.05, 3.63) is 22.8 Å². The number of rotatable bonds is 5. The average Bonchev–Trinajstić information content (AvgIpc) is 2.24. The van der Waals surface area contributed by atoms with Crippen LogP contribution < -0.4 is 10.2 Å². The van der Waals surface area contributed by atoms with Crippen molar-refractivity contribution in [2.45, 2.75) is 46.7 Å². The Labute approximate surface area is 122 Å². The van der Waals surface area contributed by atoms with Crippen LogP contribution in [0.1, 0.15) is 40.2 Å². The Morgan fingerprint density at radius 1 is 1.37 bits per heavy atom. The van der Waals surface area contributed by atoms with Gasteiger partial charge in [0.25, 0.3) is 0 Å². The molecule has 0 bridgehead atoms. The number of hydrogen-bond donors (Lipinski definition) is 1. The van der Waals surface area contributed by atoms with Gasteiger partial charge in [-0.05, 0) is 38.3 Å². The molecule has 0 amide bonds. The third-order valence-corrected chi connectivity index (χ3v) is 2.98. The maximum Gasteiger partial charge on any atom is 0.147 e. The molecule has 1 rings (SSSR count). The second-order valence-electron chi connectivity index (χ2n) is 6.53. The fourth-order valence-corrected chi connectivity index (χ4v) is 2.18. The van der Waals surface area contributed by atoms with Crippen LogP contribution in [0.4, 0.5) is 5.82 Å². The second kappa shape index (κ2) is 6.58. The van der Waals surface area contributed by atoms with Crippen molar-refractivity contribution >= 4 is 17.4 Å². The van der Waals surface area contributed by atoms with Crippen LogP contribution in [0, 0.1) is 5.92 Å². The third kappa shape index (κ3) is 5.79. The molecule has 0 radical (unpaired) electrons. The summed E-state index contributed by atoms with van der Waals surface area (Å²) in [6, 6.07) is 2.00. The molecule has 0 unspecified atom stereocenters. The SMILES string of the molecule is CC(C)CN(C)c1ncc(CNC(C)(C)C)cc1Cl. The smallest absolute Gasteiger partial charge is 0.147 e. The van der Waals surface area contributed by atoms with Gasteiger partial charge in [-0.1, -0.05) is 25.4 Å². The van der Waals surface area contributed by atoms with Gasteiger partial charge in [-0.15, -0.1) is 0 Å². The normalized spacial score (nSPS) is 12.0. The second-order valence-corrected chi connectivity index (χ2v) is 6.93. The highest BCUT2D eigenvalue weighted by molar-refractivity contribution is 6.33. The molecule has 0 atom stereocenters. The summed E-state index contributed by atoms with van der Waals surface area (Å²) in [5, 5.41) is 4.15. The molecular formula is C15H26ClN3. The molecule has 3 nitrogen and oxygen atoms in total. The first-order valence-electron chi connectivity index (χ1n) is 6.79. The molecule has 1 aromatic rings. The van der Waals surface area contributed by atoms with Crippen molar-refractivity contribution in [2.75, 3.05) is 18.5 Å². The lowest BCUT2D eigenvalue weighted by atomic mass is 10.1. The molecule has 1 heterocycles. The molecule has 0 aromatic carbocycles. The van der Waals surface area contributed by atoms with Gasteiger partial charge in [0.1, 0.15) is 5.82 Å². The summed E-state index contributed by atoms with van der Waals surface area (Å²) in [4.78, 5) is 6.59. The van der Waals surface area contributed by atoms with Crippen molar-refractivity contribution < 1.29 is 0 Å². The topological polar surface area (TPSA) is 28.2 Å². The minimum atomic E-state index is 0.0968. The van der Waals surface area contributed by atoms with Crippen molar-refractivity contribution in [1.29, 1.82) is 0 Å². The Morgan fingerprint density at radius 2 is 2.00 bits per heavy atom. The van der Waals surface area contributed by atoms with Gasteiger partial charge in [-0.2, -0.15) is 0 Å². The molecule has 1 N–H and O–H groups in total. The van der Waals surface area contributed by atoms with Crippen LogP contribution in [-0.2, 0) is 6.54 Å². The molecule has 0 fully saturated rings.